The number of rotatable bonds is 3. The molecule has 3 nitrogen and oxygen atoms in total. The second-order valence-electron chi connectivity index (χ2n) is 5.11. The fourth-order valence-corrected chi connectivity index (χ4v) is 2.60. The molecule has 0 aromatic rings. The Morgan fingerprint density at radius 3 is 2.47 bits per heavy atom. The molecule has 1 saturated carbocycles. The van der Waals surface area contributed by atoms with E-state index in [4.69, 9.17) is 0 Å². The van der Waals surface area contributed by atoms with Crippen LogP contribution in [0, 0.1) is 5.92 Å². The summed E-state index contributed by atoms with van der Waals surface area (Å²) >= 11 is 0. The van der Waals surface area contributed by atoms with Crippen LogP contribution in [-0.2, 0) is 4.79 Å². The first-order valence-electron chi connectivity index (χ1n) is 6.23. The van der Waals surface area contributed by atoms with E-state index in [1.165, 1.54) is 19.3 Å². The Hall–Kier alpha value is -0.570. The lowest BCUT2D eigenvalue weighted by molar-refractivity contribution is -0.141. The summed E-state index contributed by atoms with van der Waals surface area (Å²) in [6.07, 6.45) is 4.74. The molecular weight excluding hydrogens is 188 g/mol. The van der Waals surface area contributed by atoms with Crippen molar-refractivity contribution >= 4 is 5.91 Å². The summed E-state index contributed by atoms with van der Waals surface area (Å²) in [6, 6.07) is 0.904. The fraction of sp³-hybridized carbons (Fsp3) is 0.917. The van der Waals surface area contributed by atoms with Gasteiger partial charge in [0.2, 0.25) is 5.91 Å². The van der Waals surface area contributed by atoms with Crippen LogP contribution in [0.2, 0.25) is 0 Å². The molecule has 0 radical (unpaired) electrons. The Morgan fingerprint density at radius 1 is 1.33 bits per heavy atom. The van der Waals surface area contributed by atoms with Gasteiger partial charge in [0.25, 0.3) is 0 Å². The predicted octanol–water partition coefficient (Wildman–Crippen LogP) is 1.39. The minimum Gasteiger partial charge on any atom is -0.337 e. The lowest BCUT2D eigenvalue weighted by atomic mass is 9.89. The van der Waals surface area contributed by atoms with E-state index in [1.54, 1.807) is 0 Å². The molecule has 1 heterocycles. The third-order valence-electron chi connectivity index (χ3n) is 3.69. The van der Waals surface area contributed by atoms with Gasteiger partial charge in [-0.1, -0.05) is 0 Å². The minimum atomic E-state index is 0.244. The molecule has 3 heteroatoms. The summed E-state index contributed by atoms with van der Waals surface area (Å²) in [7, 11) is 0. The standard InChI is InChI=1S/C12H22N2O/c1-9(2)14(11-4-3-5-11)12(15)10-6-7-13-8-10/h9-11,13H,3-8H2,1-2H3/t10-/m0/s1. The van der Waals surface area contributed by atoms with Gasteiger partial charge in [-0.25, -0.2) is 0 Å². The SMILES string of the molecule is CC(C)N(C(=O)[C@H]1CCNC1)C1CCC1. The molecule has 1 amide bonds. The first-order chi connectivity index (χ1) is 7.20. The molecule has 1 saturated heterocycles. The predicted molar refractivity (Wildman–Crippen MR) is 60.6 cm³/mol. The molecule has 1 N–H and O–H groups in total. The molecule has 15 heavy (non-hydrogen) atoms. The first-order valence-corrected chi connectivity index (χ1v) is 6.23. The summed E-state index contributed by atoms with van der Waals surface area (Å²) in [4.78, 5) is 14.4. The summed E-state index contributed by atoms with van der Waals surface area (Å²) in [5.74, 6) is 0.632. The molecule has 1 aliphatic heterocycles. The van der Waals surface area contributed by atoms with Crippen LogP contribution in [0.4, 0.5) is 0 Å². The van der Waals surface area contributed by atoms with E-state index in [0.29, 0.717) is 18.0 Å². The van der Waals surface area contributed by atoms with Crippen LogP contribution in [0.15, 0.2) is 0 Å². The maximum atomic E-state index is 12.3. The monoisotopic (exact) mass is 210 g/mol. The fourth-order valence-electron chi connectivity index (χ4n) is 2.60. The zero-order valence-corrected chi connectivity index (χ0v) is 9.83. The molecule has 0 aromatic carbocycles. The van der Waals surface area contributed by atoms with E-state index in [-0.39, 0.29) is 5.92 Å². The van der Waals surface area contributed by atoms with Crippen LogP contribution < -0.4 is 5.32 Å². The number of nitrogens with one attached hydrogen (secondary N) is 1. The van der Waals surface area contributed by atoms with Gasteiger partial charge in [-0.05, 0) is 46.1 Å². The highest BCUT2D eigenvalue weighted by molar-refractivity contribution is 5.80. The molecule has 2 rings (SSSR count). The molecule has 86 valence electrons. The van der Waals surface area contributed by atoms with Gasteiger partial charge >= 0.3 is 0 Å². The number of amides is 1. The van der Waals surface area contributed by atoms with Crippen molar-refractivity contribution < 1.29 is 4.79 Å². The van der Waals surface area contributed by atoms with Gasteiger partial charge < -0.3 is 10.2 Å². The Balaban J connectivity index is 1.99. The molecule has 0 aromatic heterocycles. The quantitative estimate of drug-likeness (QED) is 0.763. The normalized spacial score (nSPS) is 26.7. The Bertz CT molecular complexity index is 230. The molecule has 0 bridgehead atoms. The third-order valence-corrected chi connectivity index (χ3v) is 3.69. The highest BCUT2D eigenvalue weighted by Crippen LogP contribution is 2.28. The Kier molecular flexibility index (Phi) is 3.29. The Morgan fingerprint density at radius 2 is 2.07 bits per heavy atom. The average Bonchev–Trinajstić information content (AvgIpc) is 2.61. The largest absolute Gasteiger partial charge is 0.337 e. The maximum Gasteiger partial charge on any atom is 0.227 e. The van der Waals surface area contributed by atoms with Crippen molar-refractivity contribution in [2.75, 3.05) is 13.1 Å². The molecule has 2 fully saturated rings. The number of nitrogens with zero attached hydrogens (tertiary/aromatic N) is 1. The first kappa shape index (κ1) is 10.9. The molecule has 1 aliphatic carbocycles. The highest BCUT2D eigenvalue weighted by atomic mass is 16.2. The molecule has 1 atom stereocenters. The number of hydrogen-bond acceptors (Lipinski definition) is 2. The van der Waals surface area contributed by atoms with Crippen molar-refractivity contribution in [3.63, 3.8) is 0 Å². The lowest BCUT2D eigenvalue weighted by Gasteiger charge is -2.41. The second-order valence-corrected chi connectivity index (χ2v) is 5.11. The maximum absolute atomic E-state index is 12.3. The summed E-state index contributed by atoms with van der Waals surface area (Å²) < 4.78 is 0. The summed E-state index contributed by atoms with van der Waals surface area (Å²) in [5.41, 5.74) is 0. The Labute approximate surface area is 92.2 Å². The smallest absolute Gasteiger partial charge is 0.227 e. The zero-order valence-electron chi connectivity index (χ0n) is 9.83. The van der Waals surface area contributed by atoms with Crippen molar-refractivity contribution in [2.24, 2.45) is 5.92 Å². The van der Waals surface area contributed by atoms with Gasteiger partial charge in [0.05, 0.1) is 5.92 Å². The topological polar surface area (TPSA) is 32.3 Å². The number of carbonyl (C=O) groups is 1. The van der Waals surface area contributed by atoms with Crippen molar-refractivity contribution in [3.05, 3.63) is 0 Å². The van der Waals surface area contributed by atoms with Crippen LogP contribution in [0.1, 0.15) is 39.5 Å². The van der Waals surface area contributed by atoms with E-state index in [0.717, 1.165) is 19.5 Å². The van der Waals surface area contributed by atoms with Gasteiger partial charge in [0.1, 0.15) is 0 Å². The molecule has 0 unspecified atom stereocenters. The van der Waals surface area contributed by atoms with Gasteiger partial charge in [0, 0.05) is 18.6 Å². The molecule has 0 spiro atoms. The van der Waals surface area contributed by atoms with Crippen molar-refractivity contribution in [1.82, 2.24) is 10.2 Å². The van der Waals surface area contributed by atoms with Crippen molar-refractivity contribution in [1.29, 1.82) is 0 Å². The van der Waals surface area contributed by atoms with Crippen LogP contribution in [-0.4, -0.2) is 36.0 Å². The minimum absolute atomic E-state index is 0.244. The lowest BCUT2D eigenvalue weighted by Crippen LogP contribution is -2.50. The zero-order chi connectivity index (χ0) is 10.8. The summed E-state index contributed by atoms with van der Waals surface area (Å²) in [6.45, 7) is 6.17. The van der Waals surface area contributed by atoms with Gasteiger partial charge in [-0.3, -0.25) is 4.79 Å². The van der Waals surface area contributed by atoms with E-state index < -0.39 is 0 Å². The second kappa shape index (κ2) is 4.52. The number of carbonyl (C=O) groups excluding carboxylic acids is 1. The van der Waals surface area contributed by atoms with E-state index in [2.05, 4.69) is 24.1 Å². The van der Waals surface area contributed by atoms with E-state index in [9.17, 15) is 4.79 Å². The third kappa shape index (κ3) is 2.17. The summed E-state index contributed by atoms with van der Waals surface area (Å²) in [5, 5.41) is 3.27. The molecular formula is C12H22N2O. The van der Waals surface area contributed by atoms with E-state index in [1.807, 2.05) is 0 Å². The molecule has 2 aliphatic rings. The van der Waals surface area contributed by atoms with Crippen molar-refractivity contribution in [3.8, 4) is 0 Å². The number of hydrogen-bond donors (Lipinski definition) is 1. The van der Waals surface area contributed by atoms with Gasteiger partial charge in [-0.2, -0.15) is 0 Å². The van der Waals surface area contributed by atoms with Crippen molar-refractivity contribution in [2.45, 2.75) is 51.6 Å². The van der Waals surface area contributed by atoms with E-state index >= 15 is 0 Å². The van der Waals surface area contributed by atoms with Crippen LogP contribution >= 0.6 is 0 Å². The average molecular weight is 210 g/mol. The van der Waals surface area contributed by atoms with Crippen LogP contribution in [0.25, 0.3) is 0 Å². The van der Waals surface area contributed by atoms with Gasteiger partial charge in [-0.15, -0.1) is 0 Å². The van der Waals surface area contributed by atoms with Crippen LogP contribution in [0.5, 0.6) is 0 Å². The van der Waals surface area contributed by atoms with Crippen LogP contribution in [0.3, 0.4) is 0 Å². The van der Waals surface area contributed by atoms with Gasteiger partial charge in [0.15, 0.2) is 0 Å². The highest BCUT2D eigenvalue weighted by Gasteiger charge is 2.35.